The number of nitrogens with one attached hydrogen (secondary N) is 2. The quantitative estimate of drug-likeness (QED) is 0.271. The lowest BCUT2D eigenvalue weighted by molar-refractivity contribution is -0.147. The van der Waals surface area contributed by atoms with Crippen LogP contribution in [0.15, 0.2) is 24.3 Å². The average Bonchev–Trinajstić information content (AvgIpc) is 2.80. The van der Waals surface area contributed by atoms with Gasteiger partial charge in [-0.05, 0) is 37.2 Å². The fourth-order valence-electron chi connectivity index (χ4n) is 3.44. The maximum absolute atomic E-state index is 12.9. The summed E-state index contributed by atoms with van der Waals surface area (Å²) in [5.74, 6) is -0.714. The molecular weight excluding hydrogens is 442 g/mol. The van der Waals surface area contributed by atoms with Gasteiger partial charge >= 0.3 is 5.97 Å². The Bertz CT molecular complexity index is 817. The van der Waals surface area contributed by atoms with E-state index in [0.29, 0.717) is 37.6 Å². The van der Waals surface area contributed by atoms with Crippen LogP contribution >= 0.6 is 12.2 Å². The molecule has 9 heteroatoms. The highest BCUT2D eigenvalue weighted by Crippen LogP contribution is 2.19. The van der Waals surface area contributed by atoms with Gasteiger partial charge in [0.1, 0.15) is 11.8 Å². The van der Waals surface area contributed by atoms with Crippen molar-refractivity contribution in [3.63, 3.8) is 0 Å². The highest BCUT2D eigenvalue weighted by molar-refractivity contribution is 7.80. The van der Waals surface area contributed by atoms with Crippen molar-refractivity contribution in [1.29, 1.82) is 0 Å². The van der Waals surface area contributed by atoms with Gasteiger partial charge < -0.3 is 19.7 Å². The number of ether oxygens (including phenoxy) is 2. The van der Waals surface area contributed by atoms with Gasteiger partial charge in [0.15, 0.2) is 5.11 Å². The van der Waals surface area contributed by atoms with E-state index in [-0.39, 0.29) is 17.4 Å². The van der Waals surface area contributed by atoms with Gasteiger partial charge in [0.2, 0.25) is 5.91 Å². The monoisotopic (exact) mass is 477 g/mol. The number of esters is 1. The molecule has 2 amide bonds. The van der Waals surface area contributed by atoms with Gasteiger partial charge in [-0.25, -0.2) is 0 Å². The van der Waals surface area contributed by atoms with Crippen molar-refractivity contribution < 1.29 is 23.9 Å². The van der Waals surface area contributed by atoms with E-state index in [2.05, 4.69) is 17.6 Å². The number of carbonyl (C=O) groups excluding carboxylic acids is 3. The lowest BCUT2D eigenvalue weighted by Gasteiger charge is -2.36. The average molecular weight is 478 g/mol. The van der Waals surface area contributed by atoms with Crippen LogP contribution in [0, 0.1) is 0 Å². The molecule has 0 bridgehead atoms. The van der Waals surface area contributed by atoms with Crippen molar-refractivity contribution in [2.24, 2.45) is 0 Å². The minimum absolute atomic E-state index is 0.0963. The molecule has 33 heavy (non-hydrogen) atoms. The summed E-state index contributed by atoms with van der Waals surface area (Å²) in [6.45, 7) is 5.75. The molecular formula is C24H35N3O5S. The molecule has 1 aromatic rings. The molecule has 0 radical (unpaired) electrons. The molecule has 0 aromatic heterocycles. The number of benzene rings is 1. The van der Waals surface area contributed by atoms with Gasteiger partial charge in [-0.15, -0.1) is 0 Å². The first-order valence-electron chi connectivity index (χ1n) is 11.7. The summed E-state index contributed by atoms with van der Waals surface area (Å²) in [6, 6.07) is 6.16. The van der Waals surface area contributed by atoms with E-state index in [1.165, 1.54) is 0 Å². The van der Waals surface area contributed by atoms with Gasteiger partial charge in [0, 0.05) is 13.1 Å². The smallest absolute Gasteiger partial charge is 0.308 e. The Morgan fingerprint density at radius 3 is 2.64 bits per heavy atom. The third-order valence-electron chi connectivity index (χ3n) is 5.32. The van der Waals surface area contributed by atoms with Crippen molar-refractivity contribution in [1.82, 2.24) is 15.5 Å². The molecule has 1 aromatic carbocycles. The SMILES string of the molecule is CCCCCCOc1ccccc1C(=O)NC(=S)N1CCNC(=O)C1CC(=O)OCCCC. The Balaban J connectivity index is 2.00. The third kappa shape index (κ3) is 8.64. The summed E-state index contributed by atoms with van der Waals surface area (Å²) in [5, 5.41) is 5.54. The van der Waals surface area contributed by atoms with Gasteiger partial charge in [-0.1, -0.05) is 51.7 Å². The van der Waals surface area contributed by atoms with Crippen LogP contribution in [-0.4, -0.2) is 60.1 Å². The lowest BCUT2D eigenvalue weighted by Crippen LogP contribution is -2.60. The van der Waals surface area contributed by atoms with Crippen molar-refractivity contribution in [3.05, 3.63) is 29.8 Å². The third-order valence-corrected chi connectivity index (χ3v) is 5.66. The number of hydrogen-bond donors (Lipinski definition) is 2. The number of piperazine rings is 1. The number of hydrogen-bond acceptors (Lipinski definition) is 6. The normalized spacial score (nSPS) is 15.5. The van der Waals surface area contributed by atoms with Crippen molar-refractivity contribution in [3.8, 4) is 5.75 Å². The molecule has 1 unspecified atom stereocenters. The zero-order valence-corrected chi connectivity index (χ0v) is 20.4. The van der Waals surface area contributed by atoms with Gasteiger partial charge in [-0.3, -0.25) is 19.7 Å². The van der Waals surface area contributed by atoms with E-state index in [0.717, 1.165) is 38.5 Å². The van der Waals surface area contributed by atoms with Crippen molar-refractivity contribution in [2.45, 2.75) is 64.8 Å². The first-order chi connectivity index (χ1) is 16.0. The van der Waals surface area contributed by atoms with Crippen LogP contribution in [0.25, 0.3) is 0 Å². The Morgan fingerprint density at radius 1 is 1.12 bits per heavy atom. The Labute approximate surface area is 201 Å². The second kappa shape index (κ2) is 14.5. The van der Waals surface area contributed by atoms with E-state index >= 15 is 0 Å². The first kappa shape index (κ1) is 26.6. The largest absolute Gasteiger partial charge is 0.493 e. The van der Waals surface area contributed by atoms with Gasteiger partial charge in [0.25, 0.3) is 5.91 Å². The maximum atomic E-state index is 12.9. The molecule has 2 rings (SSSR count). The molecule has 0 spiro atoms. The van der Waals surface area contributed by atoms with Crippen LogP contribution in [0.4, 0.5) is 0 Å². The number of carbonyl (C=O) groups is 3. The number of rotatable bonds is 12. The topological polar surface area (TPSA) is 97.0 Å². The predicted molar refractivity (Wildman–Crippen MR) is 130 cm³/mol. The van der Waals surface area contributed by atoms with E-state index in [1.54, 1.807) is 23.1 Å². The Hall–Kier alpha value is -2.68. The second-order valence-corrected chi connectivity index (χ2v) is 8.33. The molecule has 182 valence electrons. The Morgan fingerprint density at radius 2 is 1.88 bits per heavy atom. The maximum Gasteiger partial charge on any atom is 0.308 e. The minimum atomic E-state index is -0.828. The van der Waals surface area contributed by atoms with E-state index < -0.39 is 17.9 Å². The van der Waals surface area contributed by atoms with Crippen LogP contribution in [0.3, 0.4) is 0 Å². The van der Waals surface area contributed by atoms with E-state index in [9.17, 15) is 14.4 Å². The number of thiocarbonyl (C=S) groups is 1. The van der Waals surface area contributed by atoms with Crippen LogP contribution in [0.1, 0.15) is 69.2 Å². The summed E-state index contributed by atoms with van der Waals surface area (Å²) in [6.07, 6.45) is 5.82. The molecule has 0 aliphatic carbocycles. The Kier molecular flexibility index (Phi) is 11.6. The van der Waals surface area contributed by atoms with Crippen molar-refractivity contribution >= 4 is 35.1 Å². The minimum Gasteiger partial charge on any atom is -0.493 e. The predicted octanol–water partition coefficient (Wildman–Crippen LogP) is 3.19. The lowest BCUT2D eigenvalue weighted by atomic mass is 10.1. The summed E-state index contributed by atoms with van der Waals surface area (Å²) < 4.78 is 11.0. The molecule has 1 aliphatic rings. The second-order valence-electron chi connectivity index (χ2n) is 7.94. The van der Waals surface area contributed by atoms with Gasteiger partial charge in [0.05, 0.1) is 25.2 Å². The van der Waals surface area contributed by atoms with Crippen molar-refractivity contribution in [2.75, 3.05) is 26.3 Å². The standard InChI is InChI=1S/C24H35N3O5S/c1-3-5-7-10-16-31-20-12-9-8-11-18(20)22(29)26-24(33)27-14-13-25-23(30)19(27)17-21(28)32-15-6-4-2/h8-9,11-12,19H,3-7,10,13-17H2,1-2H3,(H,25,30)(H,26,29,33). The molecule has 2 N–H and O–H groups in total. The van der Waals surface area contributed by atoms with E-state index in [1.807, 2.05) is 13.0 Å². The zero-order valence-electron chi connectivity index (χ0n) is 19.6. The fourth-order valence-corrected chi connectivity index (χ4v) is 3.75. The van der Waals surface area contributed by atoms with E-state index in [4.69, 9.17) is 21.7 Å². The van der Waals surface area contributed by atoms with Crippen LogP contribution in [-0.2, 0) is 14.3 Å². The number of amides is 2. The number of para-hydroxylation sites is 1. The van der Waals surface area contributed by atoms with Crippen LogP contribution in [0.5, 0.6) is 5.75 Å². The highest BCUT2D eigenvalue weighted by atomic mass is 32.1. The first-order valence-corrected chi connectivity index (χ1v) is 12.2. The molecule has 1 atom stereocenters. The summed E-state index contributed by atoms with van der Waals surface area (Å²) >= 11 is 5.44. The molecule has 0 saturated carbocycles. The fraction of sp³-hybridized carbons (Fsp3) is 0.583. The molecule has 8 nitrogen and oxygen atoms in total. The number of nitrogens with zero attached hydrogens (tertiary/aromatic N) is 1. The van der Waals surface area contributed by atoms with Crippen LogP contribution in [0.2, 0.25) is 0 Å². The molecule has 1 fully saturated rings. The summed E-state index contributed by atoms with van der Waals surface area (Å²) in [4.78, 5) is 39.1. The van der Waals surface area contributed by atoms with Gasteiger partial charge in [-0.2, -0.15) is 0 Å². The molecule has 1 heterocycles. The highest BCUT2D eigenvalue weighted by Gasteiger charge is 2.34. The summed E-state index contributed by atoms with van der Waals surface area (Å²) in [7, 11) is 0. The summed E-state index contributed by atoms with van der Waals surface area (Å²) in [5.41, 5.74) is 0.368. The van der Waals surface area contributed by atoms with Crippen LogP contribution < -0.4 is 15.4 Å². The molecule has 1 saturated heterocycles. The number of unbranched alkanes of at least 4 members (excludes halogenated alkanes) is 4. The zero-order chi connectivity index (χ0) is 24.1. The molecule has 1 aliphatic heterocycles.